The summed E-state index contributed by atoms with van der Waals surface area (Å²) < 4.78 is 73.3. The molecule has 1 heterocycles. The van der Waals surface area contributed by atoms with Gasteiger partial charge in [-0.2, -0.15) is 13.2 Å². The van der Waals surface area contributed by atoms with E-state index in [0.29, 0.717) is 24.7 Å². The molecule has 2 N–H and O–H groups in total. The number of alkyl halides is 3. The number of carbonyl (C=O) groups excluding carboxylic acids is 2. The van der Waals surface area contributed by atoms with E-state index in [1.807, 2.05) is 0 Å². The second kappa shape index (κ2) is 9.33. The maximum Gasteiger partial charge on any atom is 0.416 e. The van der Waals surface area contributed by atoms with Crippen molar-refractivity contribution in [3.8, 4) is 5.75 Å². The van der Waals surface area contributed by atoms with E-state index in [2.05, 4.69) is 10.6 Å². The van der Waals surface area contributed by atoms with Crippen LogP contribution in [0.5, 0.6) is 5.75 Å². The van der Waals surface area contributed by atoms with Crippen LogP contribution >= 0.6 is 11.6 Å². The smallest absolute Gasteiger partial charge is 0.416 e. The van der Waals surface area contributed by atoms with Crippen molar-refractivity contribution in [2.24, 2.45) is 5.92 Å². The van der Waals surface area contributed by atoms with Gasteiger partial charge in [-0.3, -0.25) is 9.59 Å². The van der Waals surface area contributed by atoms with Crippen LogP contribution in [0.4, 0.5) is 27.6 Å². The largest absolute Gasteiger partial charge is 0.493 e. The van der Waals surface area contributed by atoms with E-state index in [4.69, 9.17) is 16.3 Å². The molecule has 0 bridgehead atoms. The summed E-state index contributed by atoms with van der Waals surface area (Å²) in [5, 5.41) is 5.32. The van der Waals surface area contributed by atoms with Gasteiger partial charge in [0.15, 0.2) is 0 Å². The number of rotatable bonds is 6. The molecule has 0 radical (unpaired) electrons. The maximum atomic E-state index is 14.0. The third kappa shape index (κ3) is 5.24. The number of halogens is 6. The summed E-state index contributed by atoms with van der Waals surface area (Å²) >= 11 is 6.27. The van der Waals surface area contributed by atoms with E-state index in [9.17, 15) is 31.5 Å². The van der Waals surface area contributed by atoms with Crippen LogP contribution < -0.4 is 15.4 Å². The molecular formula is C26H18ClF5N2O3. The summed E-state index contributed by atoms with van der Waals surface area (Å²) in [7, 11) is 0. The number of hydrogen-bond donors (Lipinski definition) is 2. The van der Waals surface area contributed by atoms with Gasteiger partial charge in [0.25, 0.3) is 11.8 Å². The van der Waals surface area contributed by atoms with E-state index in [1.165, 1.54) is 18.2 Å². The molecule has 0 spiro atoms. The molecule has 5 rings (SSSR count). The van der Waals surface area contributed by atoms with Gasteiger partial charge in [0.2, 0.25) is 0 Å². The molecule has 11 heteroatoms. The molecule has 1 aliphatic carbocycles. The molecule has 192 valence electrons. The lowest BCUT2D eigenvalue weighted by Gasteiger charge is -2.19. The number of benzene rings is 3. The molecule has 1 fully saturated rings. The van der Waals surface area contributed by atoms with Crippen molar-refractivity contribution in [3.63, 3.8) is 0 Å². The minimum atomic E-state index is -4.87. The summed E-state index contributed by atoms with van der Waals surface area (Å²) in [6, 6.07) is 6.98. The maximum absolute atomic E-state index is 14.0. The summed E-state index contributed by atoms with van der Waals surface area (Å²) in [6.07, 6.45) is -2.88. The highest BCUT2D eigenvalue weighted by Gasteiger charge is 2.36. The van der Waals surface area contributed by atoms with Crippen molar-refractivity contribution in [2.45, 2.75) is 25.1 Å². The number of fused-ring (bicyclic) bond motifs is 1. The molecule has 37 heavy (non-hydrogen) atoms. The van der Waals surface area contributed by atoms with Crippen LogP contribution in [0.3, 0.4) is 0 Å². The molecule has 2 amide bonds. The lowest BCUT2D eigenvalue weighted by atomic mass is 9.95. The first-order valence-corrected chi connectivity index (χ1v) is 11.6. The van der Waals surface area contributed by atoms with Crippen LogP contribution in [0, 0.1) is 17.6 Å². The zero-order valence-electron chi connectivity index (χ0n) is 18.9. The summed E-state index contributed by atoms with van der Waals surface area (Å²) in [6.45, 7) is 0.381. The first-order chi connectivity index (χ1) is 17.5. The Labute approximate surface area is 212 Å². The Balaban J connectivity index is 1.57. The average molecular weight is 537 g/mol. The van der Waals surface area contributed by atoms with Gasteiger partial charge in [0.1, 0.15) is 17.4 Å². The zero-order chi connectivity index (χ0) is 26.5. The lowest BCUT2D eigenvalue weighted by Crippen LogP contribution is -2.21. The second-order valence-corrected chi connectivity index (χ2v) is 9.35. The highest BCUT2D eigenvalue weighted by atomic mass is 35.5. The van der Waals surface area contributed by atoms with Crippen molar-refractivity contribution in [1.29, 1.82) is 0 Å². The minimum absolute atomic E-state index is 0.0230. The van der Waals surface area contributed by atoms with Crippen LogP contribution in [-0.2, 0) is 6.18 Å². The predicted octanol–water partition coefficient (Wildman–Crippen LogP) is 6.51. The fraction of sp³-hybridized carbons (Fsp3) is 0.231. The standard InChI is InChI=1S/C26H18ClF5N2O3/c27-20-4-3-15(28)8-18(20)23-22-19(25(36)34-23)9-17(37-11-12-1-2-12)10-21(22)33-24(35)13-5-14(26(30,31)32)7-16(29)6-13/h3-10,12,23H,1-2,11H2,(H,33,35)(H,34,36). The number of anilines is 1. The number of hydrogen-bond acceptors (Lipinski definition) is 3. The lowest BCUT2D eigenvalue weighted by molar-refractivity contribution is -0.137. The minimum Gasteiger partial charge on any atom is -0.493 e. The summed E-state index contributed by atoms with van der Waals surface area (Å²) in [5.74, 6) is -2.83. The van der Waals surface area contributed by atoms with E-state index < -0.39 is 46.8 Å². The number of carbonyl (C=O) groups is 2. The fourth-order valence-corrected chi connectivity index (χ4v) is 4.37. The first kappa shape index (κ1) is 25.0. The fourth-order valence-electron chi connectivity index (χ4n) is 4.14. The monoisotopic (exact) mass is 536 g/mol. The van der Waals surface area contributed by atoms with Crippen LogP contribution in [0.1, 0.15) is 56.3 Å². The third-order valence-corrected chi connectivity index (χ3v) is 6.49. The molecule has 1 atom stereocenters. The third-order valence-electron chi connectivity index (χ3n) is 6.15. The molecule has 1 aliphatic heterocycles. The first-order valence-electron chi connectivity index (χ1n) is 11.3. The number of ether oxygens (including phenoxy) is 1. The highest BCUT2D eigenvalue weighted by Crippen LogP contribution is 2.42. The molecule has 5 nitrogen and oxygen atoms in total. The van der Waals surface area contributed by atoms with Gasteiger partial charge in [-0.05, 0) is 61.2 Å². The van der Waals surface area contributed by atoms with Gasteiger partial charge in [0, 0.05) is 27.8 Å². The van der Waals surface area contributed by atoms with Crippen LogP contribution in [0.2, 0.25) is 5.02 Å². The molecule has 2 aliphatic rings. The van der Waals surface area contributed by atoms with E-state index in [0.717, 1.165) is 25.0 Å². The molecule has 3 aromatic rings. The van der Waals surface area contributed by atoms with E-state index >= 15 is 0 Å². The molecule has 3 aromatic carbocycles. The SMILES string of the molecule is O=C(Nc1cc(OCC2CC2)cc2c1C(c1cc(F)ccc1Cl)NC2=O)c1cc(F)cc(C(F)(F)F)c1. The van der Waals surface area contributed by atoms with Crippen molar-refractivity contribution in [3.05, 3.63) is 93.0 Å². The van der Waals surface area contributed by atoms with Crippen molar-refractivity contribution < 1.29 is 36.3 Å². The zero-order valence-corrected chi connectivity index (χ0v) is 19.6. The second-order valence-electron chi connectivity index (χ2n) is 8.94. The van der Waals surface area contributed by atoms with Crippen molar-refractivity contribution in [1.82, 2.24) is 5.32 Å². The van der Waals surface area contributed by atoms with Gasteiger partial charge in [-0.15, -0.1) is 0 Å². The molecular weight excluding hydrogens is 519 g/mol. The molecule has 1 unspecified atom stereocenters. The molecule has 1 saturated carbocycles. The number of nitrogens with one attached hydrogen (secondary N) is 2. The normalized spacial score (nSPS) is 16.8. The van der Waals surface area contributed by atoms with Gasteiger partial charge in [0.05, 0.1) is 29.5 Å². The van der Waals surface area contributed by atoms with Crippen LogP contribution in [0.15, 0.2) is 48.5 Å². The van der Waals surface area contributed by atoms with Gasteiger partial charge in [-0.25, -0.2) is 8.78 Å². The van der Waals surface area contributed by atoms with Crippen LogP contribution in [0.25, 0.3) is 0 Å². The van der Waals surface area contributed by atoms with Gasteiger partial charge < -0.3 is 15.4 Å². The van der Waals surface area contributed by atoms with Crippen molar-refractivity contribution >= 4 is 29.1 Å². The van der Waals surface area contributed by atoms with E-state index in [-0.39, 0.29) is 39.2 Å². The Morgan fingerprint density at radius 2 is 1.81 bits per heavy atom. The predicted molar refractivity (Wildman–Crippen MR) is 125 cm³/mol. The summed E-state index contributed by atoms with van der Waals surface area (Å²) in [5.41, 5.74) is -1.34. The average Bonchev–Trinajstić information content (AvgIpc) is 3.60. The van der Waals surface area contributed by atoms with Gasteiger partial charge >= 0.3 is 6.18 Å². The summed E-state index contributed by atoms with van der Waals surface area (Å²) in [4.78, 5) is 25.9. The molecule has 0 aromatic heterocycles. The van der Waals surface area contributed by atoms with Crippen molar-refractivity contribution in [2.75, 3.05) is 11.9 Å². The Bertz CT molecular complexity index is 1420. The van der Waals surface area contributed by atoms with Crippen LogP contribution in [-0.4, -0.2) is 18.4 Å². The Morgan fingerprint density at radius 1 is 1.05 bits per heavy atom. The topological polar surface area (TPSA) is 67.4 Å². The Hall–Kier alpha value is -3.66. The highest BCUT2D eigenvalue weighted by molar-refractivity contribution is 6.31. The van der Waals surface area contributed by atoms with Gasteiger partial charge in [-0.1, -0.05) is 11.6 Å². The van der Waals surface area contributed by atoms with E-state index in [1.54, 1.807) is 0 Å². The number of amides is 2. The quantitative estimate of drug-likeness (QED) is 0.353. The Kier molecular flexibility index (Phi) is 6.31. The Morgan fingerprint density at radius 3 is 2.51 bits per heavy atom. The molecule has 0 saturated heterocycles.